The van der Waals surface area contributed by atoms with Crippen LogP contribution in [0.1, 0.15) is 11.5 Å². The maximum absolute atomic E-state index is 12.1. The number of aromatic nitrogens is 2. The quantitative estimate of drug-likeness (QED) is 0.886. The molecule has 0 amide bonds. The predicted octanol–water partition coefficient (Wildman–Crippen LogP) is 1.45. The van der Waals surface area contributed by atoms with Crippen molar-refractivity contribution in [1.29, 1.82) is 0 Å². The Hall–Kier alpha value is -2.54. The summed E-state index contributed by atoms with van der Waals surface area (Å²) >= 11 is 0. The first kappa shape index (κ1) is 16.0. The summed E-state index contributed by atoms with van der Waals surface area (Å²) in [5, 5.41) is 9.97. The molecular weight excluding hydrogens is 322 g/mol. The van der Waals surface area contributed by atoms with Crippen LogP contribution in [0.25, 0.3) is 0 Å². The van der Waals surface area contributed by atoms with Crippen LogP contribution < -0.4 is 9.47 Å². The zero-order valence-corrected chi connectivity index (χ0v) is 14.1. The molecule has 2 aliphatic rings. The Balaban J connectivity index is 1.62. The Morgan fingerprint density at radius 1 is 1.48 bits per heavy atom. The van der Waals surface area contributed by atoms with Gasteiger partial charge in [-0.2, -0.15) is 0 Å². The number of rotatable bonds is 5. The van der Waals surface area contributed by atoms with E-state index in [0.717, 1.165) is 18.7 Å². The van der Waals surface area contributed by atoms with Gasteiger partial charge in [-0.25, -0.2) is 4.98 Å². The van der Waals surface area contributed by atoms with Gasteiger partial charge in [-0.15, -0.1) is 0 Å². The summed E-state index contributed by atoms with van der Waals surface area (Å²) in [6.45, 7) is 2.92. The van der Waals surface area contributed by atoms with Crippen molar-refractivity contribution in [1.82, 2.24) is 14.5 Å². The van der Waals surface area contributed by atoms with E-state index in [2.05, 4.69) is 9.88 Å². The highest BCUT2D eigenvalue weighted by atomic mass is 16.5. The van der Waals surface area contributed by atoms with Gasteiger partial charge in [0.25, 0.3) is 0 Å². The van der Waals surface area contributed by atoms with Crippen LogP contribution in [0.3, 0.4) is 0 Å². The number of carboxylic acids is 1. The van der Waals surface area contributed by atoms with Crippen LogP contribution >= 0.6 is 0 Å². The maximum atomic E-state index is 12.1. The molecule has 1 fully saturated rings. The summed E-state index contributed by atoms with van der Waals surface area (Å²) in [6, 6.07) is 5.70. The number of para-hydroxylation sites is 1. The van der Waals surface area contributed by atoms with Crippen molar-refractivity contribution in [2.45, 2.75) is 12.5 Å². The summed E-state index contributed by atoms with van der Waals surface area (Å²) in [6.07, 6.45) is 5.44. The van der Waals surface area contributed by atoms with Crippen molar-refractivity contribution in [2.24, 2.45) is 5.41 Å². The Labute approximate surface area is 145 Å². The summed E-state index contributed by atoms with van der Waals surface area (Å²) in [4.78, 5) is 18.4. The van der Waals surface area contributed by atoms with Crippen LogP contribution in [0.2, 0.25) is 0 Å². The summed E-state index contributed by atoms with van der Waals surface area (Å²) < 4.78 is 13.3. The second-order valence-electron chi connectivity index (χ2n) is 6.72. The average Bonchev–Trinajstić information content (AvgIpc) is 3.27. The summed E-state index contributed by atoms with van der Waals surface area (Å²) in [7, 11) is 1.60. The van der Waals surface area contributed by atoms with Gasteiger partial charge in [0, 0.05) is 50.1 Å². The van der Waals surface area contributed by atoms with E-state index < -0.39 is 11.4 Å². The fourth-order valence-corrected chi connectivity index (χ4v) is 4.00. The zero-order valence-electron chi connectivity index (χ0n) is 14.1. The van der Waals surface area contributed by atoms with Crippen molar-refractivity contribution in [3.63, 3.8) is 0 Å². The molecule has 1 N–H and O–H groups in total. The molecule has 4 rings (SSSR count). The molecule has 0 unspecified atom stereocenters. The van der Waals surface area contributed by atoms with Crippen molar-refractivity contribution < 1.29 is 19.4 Å². The van der Waals surface area contributed by atoms with Gasteiger partial charge in [0.1, 0.15) is 12.0 Å². The van der Waals surface area contributed by atoms with E-state index >= 15 is 0 Å². The van der Waals surface area contributed by atoms with E-state index in [1.54, 1.807) is 19.6 Å². The van der Waals surface area contributed by atoms with Crippen molar-refractivity contribution in [3.8, 4) is 11.5 Å². The third-order valence-electron chi connectivity index (χ3n) is 5.35. The minimum absolute atomic E-state index is 0.105. The van der Waals surface area contributed by atoms with E-state index in [4.69, 9.17) is 9.47 Å². The van der Waals surface area contributed by atoms with Gasteiger partial charge in [0.2, 0.25) is 0 Å². The second kappa shape index (κ2) is 6.07. The first-order valence-electron chi connectivity index (χ1n) is 8.35. The highest BCUT2D eigenvalue weighted by molar-refractivity contribution is 5.78. The van der Waals surface area contributed by atoms with Crippen LogP contribution in [0.15, 0.2) is 36.9 Å². The fourth-order valence-electron chi connectivity index (χ4n) is 4.00. The van der Waals surface area contributed by atoms with Crippen LogP contribution in [0, 0.1) is 5.41 Å². The van der Waals surface area contributed by atoms with E-state index in [1.165, 1.54) is 0 Å². The lowest BCUT2D eigenvalue weighted by Gasteiger charge is -2.36. The standard InChI is InChI=1S/C18H21N3O4/c1-24-15-4-2-3-13-14-9-21(8-7-20-6-5-19-12-20)10-18(14,17(22)23)11-25-16(13)15/h2-6,12,14H,7-11H2,1H3,(H,22,23)/t14-,18-/m0/s1. The van der Waals surface area contributed by atoms with Gasteiger partial charge in [-0.05, 0) is 6.07 Å². The summed E-state index contributed by atoms with van der Waals surface area (Å²) in [5.41, 5.74) is 0.0204. The minimum atomic E-state index is -0.908. The first-order valence-corrected chi connectivity index (χ1v) is 8.35. The Kier molecular flexibility index (Phi) is 3.88. The van der Waals surface area contributed by atoms with Crippen LogP contribution in [-0.4, -0.2) is 58.9 Å². The number of nitrogens with zero attached hydrogens (tertiary/aromatic N) is 3. The molecule has 0 radical (unpaired) electrons. The number of likely N-dealkylation sites (tertiary alicyclic amines) is 1. The van der Waals surface area contributed by atoms with E-state index in [0.29, 0.717) is 24.6 Å². The lowest BCUT2D eigenvalue weighted by molar-refractivity contribution is -0.151. The number of ether oxygens (including phenoxy) is 2. The third-order valence-corrected chi connectivity index (χ3v) is 5.35. The van der Waals surface area contributed by atoms with Crippen molar-refractivity contribution in [2.75, 3.05) is 33.4 Å². The van der Waals surface area contributed by atoms with Gasteiger partial charge >= 0.3 is 5.97 Å². The Morgan fingerprint density at radius 3 is 3.08 bits per heavy atom. The SMILES string of the molecule is COc1cccc2c1OC[C@@]1(C(=O)O)CN(CCn3ccnc3)C[C@@H]21. The number of methoxy groups -OCH3 is 1. The van der Waals surface area contributed by atoms with Gasteiger partial charge in [-0.3, -0.25) is 9.69 Å². The van der Waals surface area contributed by atoms with Gasteiger partial charge in [-0.1, -0.05) is 12.1 Å². The molecule has 7 heteroatoms. The normalized spacial score (nSPS) is 25.1. The zero-order chi connectivity index (χ0) is 17.4. The Bertz CT molecular complexity index is 777. The van der Waals surface area contributed by atoms with Gasteiger partial charge < -0.3 is 19.1 Å². The number of fused-ring (bicyclic) bond motifs is 3. The molecule has 25 heavy (non-hydrogen) atoms. The average molecular weight is 343 g/mol. The molecule has 1 saturated heterocycles. The molecule has 2 aromatic rings. The molecule has 0 bridgehead atoms. The number of benzene rings is 1. The molecule has 1 aromatic carbocycles. The molecule has 7 nitrogen and oxygen atoms in total. The molecule has 2 atom stereocenters. The molecule has 3 heterocycles. The topological polar surface area (TPSA) is 76.8 Å². The smallest absolute Gasteiger partial charge is 0.315 e. The van der Waals surface area contributed by atoms with Crippen molar-refractivity contribution >= 4 is 5.97 Å². The second-order valence-corrected chi connectivity index (χ2v) is 6.72. The predicted molar refractivity (Wildman–Crippen MR) is 90.0 cm³/mol. The third kappa shape index (κ3) is 2.55. The number of hydrogen-bond donors (Lipinski definition) is 1. The van der Waals surface area contributed by atoms with Crippen LogP contribution in [0.5, 0.6) is 11.5 Å². The summed E-state index contributed by atoms with van der Waals surface area (Å²) in [5.74, 6) is 0.444. The van der Waals surface area contributed by atoms with Crippen molar-refractivity contribution in [3.05, 3.63) is 42.5 Å². The lowest BCUT2D eigenvalue weighted by Crippen LogP contribution is -2.45. The van der Waals surface area contributed by atoms with Gasteiger partial charge in [0.05, 0.1) is 13.4 Å². The number of aliphatic carboxylic acids is 1. The number of imidazole rings is 1. The molecule has 0 spiro atoms. The number of hydrogen-bond acceptors (Lipinski definition) is 5. The molecule has 0 saturated carbocycles. The van der Waals surface area contributed by atoms with E-state index in [9.17, 15) is 9.90 Å². The number of carboxylic acid groups (broad SMARTS) is 1. The molecule has 0 aliphatic carbocycles. The highest BCUT2D eigenvalue weighted by Gasteiger charge is 2.56. The Morgan fingerprint density at radius 2 is 2.36 bits per heavy atom. The molecule has 1 aromatic heterocycles. The molecular formula is C18H21N3O4. The first-order chi connectivity index (χ1) is 12.1. The fraction of sp³-hybridized carbons (Fsp3) is 0.444. The lowest BCUT2D eigenvalue weighted by atomic mass is 9.73. The largest absolute Gasteiger partial charge is 0.493 e. The molecule has 2 aliphatic heterocycles. The van der Waals surface area contributed by atoms with Crippen LogP contribution in [0.4, 0.5) is 0 Å². The molecule has 132 valence electrons. The monoisotopic (exact) mass is 343 g/mol. The highest BCUT2D eigenvalue weighted by Crippen LogP contribution is 2.52. The number of carbonyl (C=O) groups is 1. The van der Waals surface area contributed by atoms with E-state index in [-0.39, 0.29) is 12.5 Å². The minimum Gasteiger partial charge on any atom is -0.493 e. The van der Waals surface area contributed by atoms with Crippen LogP contribution in [-0.2, 0) is 11.3 Å². The van der Waals surface area contributed by atoms with E-state index in [1.807, 2.05) is 29.0 Å². The maximum Gasteiger partial charge on any atom is 0.315 e. The van der Waals surface area contributed by atoms with Gasteiger partial charge in [0.15, 0.2) is 11.5 Å².